The molecule has 0 N–H and O–H groups in total. The molecular formula is C26H22N6O2. The first kappa shape index (κ1) is 20.3. The smallest absolute Gasteiger partial charge is 0.252 e. The van der Waals surface area contributed by atoms with Gasteiger partial charge in [0, 0.05) is 41.6 Å². The Morgan fingerprint density at radius 2 is 1.79 bits per heavy atom. The van der Waals surface area contributed by atoms with Gasteiger partial charge in [-0.1, -0.05) is 12.1 Å². The Hall–Kier alpha value is -4.33. The fraction of sp³-hybridized carbons (Fsp3) is 0.192. The van der Waals surface area contributed by atoms with Crippen LogP contribution in [0.15, 0.2) is 78.2 Å². The molecule has 4 aromatic heterocycles. The molecule has 6 rings (SSSR count). The van der Waals surface area contributed by atoms with Crippen LogP contribution in [0.2, 0.25) is 0 Å². The number of benzene rings is 1. The van der Waals surface area contributed by atoms with Crippen molar-refractivity contribution in [2.45, 2.75) is 25.3 Å². The standard InChI is InChI=1S/C26H22N6O2/c1-34-26-22(23(18-6-7-18)28-16-29-26)24-27-14-19-8-11-21(33)32(25(19)30-24)15-17-4-9-20(10-5-17)31-12-2-3-13-31/h2-5,8-14,16,18H,6-7,15H2,1H3. The Morgan fingerprint density at radius 1 is 1.00 bits per heavy atom. The molecule has 8 heteroatoms. The number of nitrogens with zero attached hydrogens (tertiary/aromatic N) is 6. The van der Waals surface area contributed by atoms with Gasteiger partial charge in [0.25, 0.3) is 5.56 Å². The Bertz CT molecular complexity index is 1540. The number of aromatic nitrogens is 6. The molecule has 5 aromatic rings. The maximum atomic E-state index is 12.9. The molecule has 0 spiro atoms. The lowest BCUT2D eigenvalue weighted by Gasteiger charge is -2.13. The van der Waals surface area contributed by atoms with Crippen LogP contribution in [0.4, 0.5) is 0 Å². The van der Waals surface area contributed by atoms with Gasteiger partial charge in [0.2, 0.25) is 5.88 Å². The molecule has 0 saturated heterocycles. The molecule has 4 heterocycles. The van der Waals surface area contributed by atoms with Gasteiger partial charge in [-0.3, -0.25) is 9.36 Å². The summed E-state index contributed by atoms with van der Waals surface area (Å²) in [6.07, 6.45) is 9.41. The second-order valence-electron chi connectivity index (χ2n) is 8.40. The number of fused-ring (bicyclic) bond motifs is 1. The van der Waals surface area contributed by atoms with E-state index in [1.807, 2.05) is 53.4 Å². The monoisotopic (exact) mass is 450 g/mol. The zero-order valence-corrected chi connectivity index (χ0v) is 18.6. The highest BCUT2D eigenvalue weighted by atomic mass is 16.5. The van der Waals surface area contributed by atoms with E-state index < -0.39 is 0 Å². The number of hydrogen-bond acceptors (Lipinski definition) is 6. The van der Waals surface area contributed by atoms with Gasteiger partial charge >= 0.3 is 0 Å². The van der Waals surface area contributed by atoms with Gasteiger partial charge in [-0.15, -0.1) is 0 Å². The van der Waals surface area contributed by atoms with Gasteiger partial charge in [-0.25, -0.2) is 19.9 Å². The predicted molar refractivity (Wildman–Crippen MR) is 128 cm³/mol. The van der Waals surface area contributed by atoms with Gasteiger partial charge in [0.05, 0.1) is 19.3 Å². The van der Waals surface area contributed by atoms with E-state index in [0.29, 0.717) is 35.4 Å². The first-order valence-corrected chi connectivity index (χ1v) is 11.2. The Morgan fingerprint density at radius 3 is 2.53 bits per heavy atom. The van der Waals surface area contributed by atoms with Crippen LogP contribution in [0, 0.1) is 0 Å². The molecule has 0 aliphatic heterocycles. The van der Waals surface area contributed by atoms with Gasteiger partial charge in [0.15, 0.2) is 5.82 Å². The van der Waals surface area contributed by atoms with Crippen LogP contribution in [-0.2, 0) is 6.54 Å². The predicted octanol–water partition coefficient (Wildman–Crippen LogP) is 3.97. The molecular weight excluding hydrogens is 428 g/mol. The van der Waals surface area contributed by atoms with Crippen molar-refractivity contribution in [2.75, 3.05) is 7.11 Å². The molecule has 0 amide bonds. The Labute approximate surface area is 195 Å². The van der Waals surface area contributed by atoms with E-state index in [9.17, 15) is 4.79 Å². The normalized spacial score (nSPS) is 13.3. The second-order valence-corrected chi connectivity index (χ2v) is 8.40. The second kappa shape index (κ2) is 8.22. The van der Waals surface area contributed by atoms with Crippen molar-refractivity contribution in [3.63, 3.8) is 0 Å². The third kappa shape index (κ3) is 3.63. The summed E-state index contributed by atoms with van der Waals surface area (Å²) in [5.74, 6) is 1.28. The zero-order chi connectivity index (χ0) is 23.1. The minimum absolute atomic E-state index is 0.120. The van der Waals surface area contributed by atoms with Crippen molar-refractivity contribution in [3.05, 3.63) is 95.1 Å². The molecule has 8 nitrogen and oxygen atoms in total. The molecule has 1 aromatic carbocycles. The fourth-order valence-electron chi connectivity index (χ4n) is 4.22. The van der Waals surface area contributed by atoms with Crippen LogP contribution in [0.25, 0.3) is 28.1 Å². The molecule has 1 aliphatic rings. The van der Waals surface area contributed by atoms with Crippen LogP contribution in [0.5, 0.6) is 5.88 Å². The van der Waals surface area contributed by atoms with E-state index in [1.165, 1.54) is 6.33 Å². The van der Waals surface area contributed by atoms with Gasteiger partial charge < -0.3 is 9.30 Å². The summed E-state index contributed by atoms with van der Waals surface area (Å²) >= 11 is 0. The van der Waals surface area contributed by atoms with Crippen LogP contribution >= 0.6 is 0 Å². The van der Waals surface area contributed by atoms with Crippen molar-refractivity contribution in [1.82, 2.24) is 29.1 Å². The van der Waals surface area contributed by atoms with Crippen molar-refractivity contribution in [1.29, 1.82) is 0 Å². The first-order chi connectivity index (χ1) is 16.7. The number of ether oxygens (including phenoxy) is 1. The van der Waals surface area contributed by atoms with E-state index in [1.54, 1.807) is 30.0 Å². The minimum atomic E-state index is -0.120. The van der Waals surface area contributed by atoms with Crippen LogP contribution in [0.1, 0.15) is 30.0 Å². The highest BCUT2D eigenvalue weighted by Gasteiger charge is 2.31. The summed E-state index contributed by atoms with van der Waals surface area (Å²) in [5.41, 5.74) is 4.12. The molecule has 0 radical (unpaired) electrons. The van der Waals surface area contributed by atoms with E-state index in [0.717, 1.165) is 35.2 Å². The molecule has 0 unspecified atom stereocenters. The lowest BCUT2D eigenvalue weighted by Crippen LogP contribution is -2.21. The van der Waals surface area contributed by atoms with E-state index in [2.05, 4.69) is 15.0 Å². The van der Waals surface area contributed by atoms with E-state index >= 15 is 0 Å². The molecule has 1 saturated carbocycles. The number of pyridine rings is 1. The molecule has 168 valence electrons. The largest absolute Gasteiger partial charge is 0.480 e. The Kier molecular flexibility index (Phi) is 4.91. The van der Waals surface area contributed by atoms with Crippen molar-refractivity contribution >= 4 is 11.0 Å². The average Bonchev–Trinajstić information content (AvgIpc) is 3.58. The summed E-state index contributed by atoms with van der Waals surface area (Å²) in [4.78, 5) is 31.1. The third-order valence-electron chi connectivity index (χ3n) is 6.13. The Balaban J connectivity index is 1.43. The van der Waals surface area contributed by atoms with Gasteiger partial charge in [-0.05, 0) is 48.7 Å². The summed E-state index contributed by atoms with van der Waals surface area (Å²) in [5, 5.41) is 0.788. The SMILES string of the molecule is COc1ncnc(C2CC2)c1-c1ncc2ccc(=O)n(Cc3ccc(-n4cccc4)cc3)c2n1. The summed E-state index contributed by atoms with van der Waals surface area (Å²) in [6.45, 7) is 0.399. The lowest BCUT2D eigenvalue weighted by molar-refractivity contribution is 0.397. The number of rotatable bonds is 6. The van der Waals surface area contributed by atoms with Crippen molar-refractivity contribution in [2.24, 2.45) is 0 Å². The average molecular weight is 451 g/mol. The maximum Gasteiger partial charge on any atom is 0.252 e. The van der Waals surface area contributed by atoms with Crippen LogP contribution in [-0.4, -0.2) is 36.2 Å². The van der Waals surface area contributed by atoms with Crippen molar-refractivity contribution in [3.8, 4) is 23.0 Å². The molecule has 0 bridgehead atoms. The highest BCUT2D eigenvalue weighted by molar-refractivity contribution is 5.78. The summed E-state index contributed by atoms with van der Waals surface area (Å²) < 4.78 is 9.24. The highest BCUT2D eigenvalue weighted by Crippen LogP contribution is 2.44. The molecule has 1 aliphatic carbocycles. The quantitative estimate of drug-likeness (QED) is 0.389. The number of methoxy groups -OCH3 is 1. The minimum Gasteiger partial charge on any atom is -0.480 e. The zero-order valence-electron chi connectivity index (χ0n) is 18.6. The van der Waals surface area contributed by atoms with E-state index in [-0.39, 0.29) is 5.56 Å². The summed E-state index contributed by atoms with van der Waals surface area (Å²) in [7, 11) is 1.58. The van der Waals surface area contributed by atoms with Gasteiger partial charge in [-0.2, -0.15) is 0 Å². The lowest BCUT2D eigenvalue weighted by atomic mass is 10.1. The number of hydrogen-bond donors (Lipinski definition) is 0. The van der Waals surface area contributed by atoms with E-state index in [4.69, 9.17) is 9.72 Å². The third-order valence-corrected chi connectivity index (χ3v) is 6.13. The van der Waals surface area contributed by atoms with Gasteiger partial charge in [0.1, 0.15) is 17.5 Å². The van der Waals surface area contributed by atoms with Crippen molar-refractivity contribution < 1.29 is 4.74 Å². The topological polar surface area (TPSA) is 87.7 Å². The van der Waals surface area contributed by atoms with Crippen LogP contribution in [0.3, 0.4) is 0 Å². The fourth-order valence-corrected chi connectivity index (χ4v) is 4.22. The molecule has 0 atom stereocenters. The molecule has 1 fully saturated rings. The summed E-state index contributed by atoms with van der Waals surface area (Å²) in [6, 6.07) is 15.4. The maximum absolute atomic E-state index is 12.9. The first-order valence-electron chi connectivity index (χ1n) is 11.2. The van der Waals surface area contributed by atoms with Crippen LogP contribution < -0.4 is 10.3 Å². The molecule has 34 heavy (non-hydrogen) atoms.